The number of nitrogens with one attached hydrogen (secondary N) is 2. The Balaban J connectivity index is 1.80. The number of primary amides is 1. The number of aliphatic hydroxyl groups is 1. The van der Waals surface area contributed by atoms with E-state index in [0.717, 1.165) is 0 Å². The maximum Gasteiger partial charge on any atom is 0.223 e. The molecule has 8 nitrogen and oxygen atoms in total. The normalized spacial score (nSPS) is 18.5. The minimum Gasteiger partial charge on any atom is -0.474 e. The summed E-state index contributed by atoms with van der Waals surface area (Å²) in [5.74, 6) is 1.06. The van der Waals surface area contributed by atoms with Crippen molar-refractivity contribution in [2.24, 2.45) is 16.1 Å². The maximum atomic E-state index is 12.0. The van der Waals surface area contributed by atoms with Gasteiger partial charge in [0.1, 0.15) is 18.2 Å². The molecular formula is C29H33Cl2N5O3. The Labute approximate surface area is 238 Å². The standard InChI is InChI=1S/C29H33Cl2N5O3/c1-28(2,38)17-39-23-16-22(36-14-12-29(3,13-15-36)27(33)37)34-26(35-23)24(18-8-10-19(30)11-9-18)25(32)20-6-4-5-7-21(20)31/h4-11,16,32,34,38H,12-15,17H2,1-3H3,(H2,33,37)/b26-24+,32-25?. The van der Waals surface area contributed by atoms with Crippen LogP contribution in [0.1, 0.15) is 44.7 Å². The third kappa shape index (κ3) is 6.82. The van der Waals surface area contributed by atoms with Crippen molar-refractivity contribution < 1.29 is 14.6 Å². The topological polar surface area (TPSA) is 124 Å². The van der Waals surface area contributed by atoms with Gasteiger partial charge in [0.2, 0.25) is 11.8 Å². The molecule has 0 aromatic heterocycles. The Bertz CT molecular complexity index is 1350. The first-order chi connectivity index (χ1) is 18.4. The molecule has 0 unspecified atom stereocenters. The zero-order valence-electron chi connectivity index (χ0n) is 22.2. The van der Waals surface area contributed by atoms with Gasteiger partial charge in [-0.05, 0) is 50.5 Å². The van der Waals surface area contributed by atoms with E-state index in [2.05, 4.69) is 10.2 Å². The first-order valence-electron chi connectivity index (χ1n) is 12.7. The van der Waals surface area contributed by atoms with Crippen molar-refractivity contribution in [2.45, 2.75) is 39.2 Å². The molecule has 0 aliphatic carbocycles. The second-order valence-electron chi connectivity index (χ2n) is 10.7. The number of carbonyl (C=O) groups excluding carboxylic acids is 1. The fourth-order valence-corrected chi connectivity index (χ4v) is 4.72. The van der Waals surface area contributed by atoms with E-state index in [1.807, 2.05) is 31.2 Å². The number of benzene rings is 2. The van der Waals surface area contributed by atoms with Crippen molar-refractivity contribution in [3.8, 4) is 0 Å². The van der Waals surface area contributed by atoms with Gasteiger partial charge in [0, 0.05) is 40.2 Å². The summed E-state index contributed by atoms with van der Waals surface area (Å²) < 4.78 is 5.92. The van der Waals surface area contributed by atoms with Crippen molar-refractivity contribution in [1.82, 2.24) is 10.2 Å². The number of nitrogens with zero attached hydrogens (tertiary/aromatic N) is 2. The third-order valence-electron chi connectivity index (χ3n) is 6.87. The number of halogens is 2. The predicted molar refractivity (Wildman–Crippen MR) is 156 cm³/mol. The lowest BCUT2D eigenvalue weighted by Crippen LogP contribution is -2.47. The Kier molecular flexibility index (Phi) is 8.39. The Hall–Kier alpha value is -3.33. The fourth-order valence-electron chi connectivity index (χ4n) is 4.36. The van der Waals surface area contributed by atoms with Crippen LogP contribution in [0.2, 0.25) is 10.0 Å². The quantitative estimate of drug-likeness (QED) is 0.351. The first kappa shape index (κ1) is 28.7. The largest absolute Gasteiger partial charge is 0.474 e. The number of carbonyl (C=O) groups is 1. The van der Waals surface area contributed by atoms with Crippen LogP contribution in [0.4, 0.5) is 0 Å². The molecule has 2 aromatic rings. The van der Waals surface area contributed by atoms with Gasteiger partial charge in [0.05, 0.1) is 16.9 Å². The van der Waals surface area contributed by atoms with Crippen LogP contribution in [-0.2, 0) is 9.53 Å². The second kappa shape index (κ2) is 11.4. The molecule has 2 heterocycles. The van der Waals surface area contributed by atoms with E-state index in [9.17, 15) is 15.3 Å². The van der Waals surface area contributed by atoms with Gasteiger partial charge in [-0.25, -0.2) is 0 Å². The molecule has 1 fully saturated rings. The molecule has 2 aliphatic rings. The highest BCUT2D eigenvalue weighted by Crippen LogP contribution is 2.34. The summed E-state index contributed by atoms with van der Waals surface area (Å²) in [5, 5.41) is 23.8. The number of hydrogen-bond donors (Lipinski definition) is 4. The molecule has 1 saturated heterocycles. The summed E-state index contributed by atoms with van der Waals surface area (Å²) in [4.78, 5) is 18.8. The number of piperidine rings is 1. The number of likely N-dealkylation sites (tertiary alicyclic amines) is 1. The Morgan fingerprint density at radius 2 is 1.82 bits per heavy atom. The maximum absolute atomic E-state index is 12.0. The van der Waals surface area contributed by atoms with Crippen molar-refractivity contribution >= 4 is 46.3 Å². The molecule has 0 saturated carbocycles. The number of rotatable bonds is 7. The molecule has 0 radical (unpaired) electrons. The minimum absolute atomic E-state index is 0.0148. The van der Waals surface area contributed by atoms with Gasteiger partial charge in [-0.2, -0.15) is 4.99 Å². The van der Waals surface area contributed by atoms with Crippen molar-refractivity contribution in [3.05, 3.63) is 87.4 Å². The molecule has 39 heavy (non-hydrogen) atoms. The van der Waals surface area contributed by atoms with Crippen LogP contribution in [0.3, 0.4) is 0 Å². The van der Waals surface area contributed by atoms with E-state index in [0.29, 0.717) is 64.3 Å². The van der Waals surface area contributed by atoms with Crippen molar-refractivity contribution in [1.29, 1.82) is 5.41 Å². The minimum atomic E-state index is -1.08. The van der Waals surface area contributed by atoms with Gasteiger partial charge in [-0.15, -0.1) is 0 Å². The lowest BCUT2D eigenvalue weighted by molar-refractivity contribution is -0.129. The summed E-state index contributed by atoms with van der Waals surface area (Å²) in [7, 11) is 0. The molecule has 0 atom stereocenters. The summed E-state index contributed by atoms with van der Waals surface area (Å²) in [6.45, 7) is 6.38. The van der Waals surface area contributed by atoms with Crippen LogP contribution in [-0.4, -0.2) is 52.8 Å². The number of allylic oxidation sites excluding steroid dienone is 1. The van der Waals surface area contributed by atoms with Gasteiger partial charge in [0.15, 0.2) is 0 Å². The Morgan fingerprint density at radius 3 is 2.41 bits per heavy atom. The molecule has 0 spiro atoms. The summed E-state index contributed by atoms with van der Waals surface area (Å²) >= 11 is 12.7. The zero-order chi connectivity index (χ0) is 28.4. The summed E-state index contributed by atoms with van der Waals surface area (Å²) in [5.41, 5.74) is 5.92. The van der Waals surface area contributed by atoms with Crippen LogP contribution in [0.5, 0.6) is 0 Å². The van der Waals surface area contributed by atoms with Crippen LogP contribution < -0.4 is 11.1 Å². The van der Waals surface area contributed by atoms with Gasteiger partial charge < -0.3 is 25.8 Å². The van der Waals surface area contributed by atoms with Crippen molar-refractivity contribution in [2.75, 3.05) is 19.7 Å². The van der Waals surface area contributed by atoms with Crippen LogP contribution in [0.25, 0.3) is 5.57 Å². The van der Waals surface area contributed by atoms with E-state index >= 15 is 0 Å². The lowest BCUT2D eigenvalue weighted by atomic mass is 9.80. The smallest absolute Gasteiger partial charge is 0.223 e. The monoisotopic (exact) mass is 569 g/mol. The van der Waals surface area contributed by atoms with Gasteiger partial charge in [-0.1, -0.05) is 60.5 Å². The highest BCUT2D eigenvalue weighted by Gasteiger charge is 2.36. The number of ether oxygens (including phenoxy) is 1. The number of hydrogen-bond acceptors (Lipinski definition) is 7. The average molecular weight is 571 g/mol. The summed E-state index contributed by atoms with van der Waals surface area (Å²) in [6, 6.07) is 14.3. The Morgan fingerprint density at radius 1 is 1.18 bits per heavy atom. The highest BCUT2D eigenvalue weighted by molar-refractivity contribution is 6.40. The van der Waals surface area contributed by atoms with E-state index in [1.165, 1.54) is 0 Å². The molecule has 0 bridgehead atoms. The van der Waals surface area contributed by atoms with E-state index in [4.69, 9.17) is 38.7 Å². The second-order valence-corrected chi connectivity index (χ2v) is 11.5. The zero-order valence-corrected chi connectivity index (χ0v) is 23.7. The molecule has 206 valence electrons. The summed E-state index contributed by atoms with van der Waals surface area (Å²) in [6.07, 6.45) is 2.95. The van der Waals surface area contributed by atoms with E-state index in [-0.39, 0.29) is 24.1 Å². The number of amides is 1. The van der Waals surface area contributed by atoms with Crippen LogP contribution in [0.15, 0.2) is 71.2 Å². The molecular weight excluding hydrogens is 537 g/mol. The van der Waals surface area contributed by atoms with Crippen LogP contribution in [0, 0.1) is 10.8 Å². The first-order valence-corrected chi connectivity index (χ1v) is 13.4. The fraction of sp³-hybridized carbons (Fsp3) is 0.345. The molecule has 10 heteroatoms. The molecule has 2 aliphatic heterocycles. The van der Waals surface area contributed by atoms with Crippen molar-refractivity contribution in [3.63, 3.8) is 0 Å². The number of nitrogens with two attached hydrogens (primary N) is 1. The average Bonchev–Trinajstić information content (AvgIpc) is 2.89. The molecule has 4 rings (SSSR count). The van der Waals surface area contributed by atoms with Gasteiger partial charge in [0.25, 0.3) is 0 Å². The molecule has 5 N–H and O–H groups in total. The SMILES string of the molecule is CC(C)(O)COC1=N/C(=C(/C(=N)c2ccccc2Cl)c2ccc(Cl)cc2)NC(N2CCC(C)(C(N)=O)CC2)=C1. The lowest BCUT2D eigenvalue weighted by Gasteiger charge is -2.40. The van der Waals surface area contributed by atoms with Gasteiger partial charge >= 0.3 is 0 Å². The third-order valence-corrected chi connectivity index (χ3v) is 7.45. The van der Waals surface area contributed by atoms with E-state index < -0.39 is 11.0 Å². The predicted octanol–water partition coefficient (Wildman–Crippen LogP) is 4.95. The molecule has 1 amide bonds. The highest BCUT2D eigenvalue weighted by atomic mass is 35.5. The molecule has 2 aromatic carbocycles. The van der Waals surface area contributed by atoms with Gasteiger partial charge in [-0.3, -0.25) is 10.2 Å². The van der Waals surface area contributed by atoms with E-state index in [1.54, 1.807) is 44.2 Å². The van der Waals surface area contributed by atoms with Crippen LogP contribution >= 0.6 is 23.2 Å². The number of aliphatic imine (C=N–C) groups is 1.